The molecule has 0 aliphatic carbocycles. The molecule has 0 fully saturated rings. The van der Waals surface area contributed by atoms with Gasteiger partial charge in [-0.15, -0.1) is 0 Å². The van der Waals surface area contributed by atoms with Crippen LogP contribution in [0.1, 0.15) is 22.0 Å². The van der Waals surface area contributed by atoms with Crippen molar-refractivity contribution in [2.75, 3.05) is 34.3 Å². The molecule has 0 heterocycles. The Morgan fingerprint density at radius 3 is 2.52 bits per heavy atom. The van der Waals surface area contributed by atoms with E-state index in [1.54, 1.807) is 7.11 Å². The number of hydrogen-bond acceptors (Lipinski definition) is 4. The minimum absolute atomic E-state index is 0.0528. The first-order chi connectivity index (χ1) is 12.9. The van der Waals surface area contributed by atoms with Crippen LogP contribution in [0.3, 0.4) is 0 Å². The van der Waals surface area contributed by atoms with E-state index in [4.69, 9.17) is 4.74 Å². The number of nitrogens with zero attached hydrogens (tertiary/aromatic N) is 1. The Kier molecular flexibility index (Phi) is 7.31. The largest absolute Gasteiger partial charge is 0.497 e. The maximum Gasteiger partial charge on any atom is 0.251 e. The Morgan fingerprint density at radius 2 is 1.85 bits per heavy atom. The molecule has 0 aliphatic heterocycles. The zero-order valence-electron chi connectivity index (χ0n) is 15.7. The van der Waals surface area contributed by atoms with E-state index in [-0.39, 0.29) is 24.1 Å². The second-order valence-corrected chi connectivity index (χ2v) is 6.25. The summed E-state index contributed by atoms with van der Waals surface area (Å²) in [5.41, 5.74) is 1.17. The molecule has 6 nitrogen and oxygen atoms in total. The van der Waals surface area contributed by atoms with Crippen molar-refractivity contribution in [2.45, 2.75) is 6.04 Å². The van der Waals surface area contributed by atoms with Crippen molar-refractivity contribution in [3.63, 3.8) is 0 Å². The van der Waals surface area contributed by atoms with E-state index in [2.05, 4.69) is 10.6 Å². The molecule has 7 heteroatoms. The molecule has 0 aliphatic rings. The zero-order chi connectivity index (χ0) is 19.8. The molecule has 2 rings (SSSR count). The van der Waals surface area contributed by atoms with Crippen molar-refractivity contribution < 1.29 is 18.7 Å². The number of rotatable bonds is 8. The normalized spacial score (nSPS) is 11.7. The van der Waals surface area contributed by atoms with Gasteiger partial charge in [0.25, 0.3) is 5.91 Å². The van der Waals surface area contributed by atoms with Gasteiger partial charge >= 0.3 is 0 Å². The second-order valence-electron chi connectivity index (χ2n) is 6.25. The Hall–Kier alpha value is -2.93. The van der Waals surface area contributed by atoms with Crippen LogP contribution < -0.4 is 15.4 Å². The average molecular weight is 373 g/mol. The molecule has 0 radical (unpaired) electrons. The third-order valence-corrected chi connectivity index (χ3v) is 4.09. The van der Waals surface area contributed by atoms with Crippen molar-refractivity contribution in [2.24, 2.45) is 0 Å². The molecule has 2 aromatic rings. The third kappa shape index (κ3) is 6.07. The monoisotopic (exact) mass is 373 g/mol. The maximum atomic E-state index is 13.2. The number of carbonyl (C=O) groups is 2. The number of halogens is 1. The second kappa shape index (κ2) is 9.68. The van der Waals surface area contributed by atoms with Gasteiger partial charge in [-0.25, -0.2) is 4.39 Å². The Bertz CT molecular complexity index is 796. The lowest BCUT2D eigenvalue weighted by Crippen LogP contribution is -2.40. The van der Waals surface area contributed by atoms with Gasteiger partial charge in [-0.05, 0) is 50.0 Å². The summed E-state index contributed by atoms with van der Waals surface area (Å²) < 4.78 is 18.4. The van der Waals surface area contributed by atoms with E-state index in [1.807, 2.05) is 43.3 Å². The van der Waals surface area contributed by atoms with Crippen LogP contribution in [0.4, 0.5) is 4.39 Å². The summed E-state index contributed by atoms with van der Waals surface area (Å²) in [4.78, 5) is 26.0. The molecule has 2 amide bonds. The predicted molar refractivity (Wildman–Crippen MR) is 101 cm³/mol. The van der Waals surface area contributed by atoms with Crippen molar-refractivity contribution >= 4 is 11.8 Å². The number of benzene rings is 2. The van der Waals surface area contributed by atoms with Crippen molar-refractivity contribution in [3.05, 3.63) is 65.5 Å². The van der Waals surface area contributed by atoms with Gasteiger partial charge in [0.15, 0.2) is 0 Å². The highest BCUT2D eigenvalue weighted by atomic mass is 19.1. The standard InChI is InChI=1S/C20H24FN3O3/c1-24(2)18(14-6-5-9-17(11-14)27-3)12-22-19(25)13-23-20(26)15-7-4-8-16(21)10-15/h4-11,18H,12-13H2,1-3H3,(H,22,25)(H,23,26). The highest BCUT2D eigenvalue weighted by molar-refractivity contribution is 5.96. The van der Waals surface area contributed by atoms with Gasteiger partial charge < -0.3 is 20.3 Å². The van der Waals surface area contributed by atoms with Crippen LogP contribution >= 0.6 is 0 Å². The lowest BCUT2D eigenvalue weighted by atomic mass is 10.1. The fourth-order valence-corrected chi connectivity index (χ4v) is 2.61. The summed E-state index contributed by atoms with van der Waals surface area (Å²) in [6.45, 7) is 0.183. The Labute approximate surface area is 158 Å². The summed E-state index contributed by atoms with van der Waals surface area (Å²) in [6.07, 6.45) is 0. The summed E-state index contributed by atoms with van der Waals surface area (Å²) in [5, 5.41) is 5.29. The topological polar surface area (TPSA) is 70.7 Å². The van der Waals surface area contributed by atoms with Crippen LogP contribution in [0.15, 0.2) is 48.5 Å². The number of nitrogens with one attached hydrogen (secondary N) is 2. The van der Waals surface area contributed by atoms with Crippen LogP contribution in [0.2, 0.25) is 0 Å². The number of methoxy groups -OCH3 is 1. The summed E-state index contributed by atoms with van der Waals surface area (Å²) >= 11 is 0. The van der Waals surface area contributed by atoms with Crippen molar-refractivity contribution in [1.82, 2.24) is 15.5 Å². The minimum Gasteiger partial charge on any atom is -0.497 e. The van der Waals surface area contributed by atoms with Gasteiger partial charge in [-0.3, -0.25) is 9.59 Å². The number of ether oxygens (including phenoxy) is 1. The number of likely N-dealkylation sites (N-methyl/N-ethyl adjacent to an activating group) is 1. The molecule has 2 N–H and O–H groups in total. The van der Waals surface area contributed by atoms with Gasteiger partial charge in [-0.1, -0.05) is 18.2 Å². The first-order valence-electron chi connectivity index (χ1n) is 8.51. The zero-order valence-corrected chi connectivity index (χ0v) is 15.7. The first kappa shape index (κ1) is 20.4. The van der Waals surface area contributed by atoms with Gasteiger partial charge in [0.05, 0.1) is 19.7 Å². The average Bonchev–Trinajstić information content (AvgIpc) is 2.66. The fraction of sp³-hybridized carbons (Fsp3) is 0.300. The fourth-order valence-electron chi connectivity index (χ4n) is 2.61. The van der Waals surface area contributed by atoms with Gasteiger partial charge in [0.2, 0.25) is 5.91 Å². The number of amides is 2. The molecule has 1 unspecified atom stereocenters. The lowest BCUT2D eigenvalue weighted by Gasteiger charge is -2.25. The van der Waals surface area contributed by atoms with Gasteiger partial charge in [-0.2, -0.15) is 0 Å². The molecule has 2 aromatic carbocycles. The SMILES string of the molecule is COc1cccc(C(CNC(=O)CNC(=O)c2cccc(F)c2)N(C)C)c1. The van der Waals surface area contributed by atoms with Crippen LogP contribution in [-0.2, 0) is 4.79 Å². The van der Waals surface area contributed by atoms with E-state index < -0.39 is 11.7 Å². The van der Waals surface area contributed by atoms with E-state index in [1.165, 1.54) is 18.2 Å². The summed E-state index contributed by atoms with van der Waals surface area (Å²) in [6, 6.07) is 12.9. The first-order valence-corrected chi connectivity index (χ1v) is 8.51. The molecule has 0 aromatic heterocycles. The predicted octanol–water partition coefficient (Wildman–Crippen LogP) is 1.98. The molecule has 0 bridgehead atoms. The molecule has 0 saturated heterocycles. The van der Waals surface area contributed by atoms with Crippen LogP contribution in [0.5, 0.6) is 5.75 Å². The number of carbonyl (C=O) groups excluding carboxylic acids is 2. The molecular formula is C20H24FN3O3. The summed E-state index contributed by atoms with van der Waals surface area (Å²) in [5.74, 6) is -0.580. The van der Waals surface area contributed by atoms with E-state index in [0.29, 0.717) is 6.54 Å². The van der Waals surface area contributed by atoms with Crippen molar-refractivity contribution in [1.29, 1.82) is 0 Å². The van der Waals surface area contributed by atoms with Gasteiger partial charge in [0.1, 0.15) is 11.6 Å². The molecule has 1 atom stereocenters. The van der Waals surface area contributed by atoms with Crippen LogP contribution in [-0.4, -0.2) is 51.0 Å². The van der Waals surface area contributed by atoms with Crippen LogP contribution in [0.25, 0.3) is 0 Å². The Balaban J connectivity index is 1.89. The minimum atomic E-state index is -0.501. The van der Waals surface area contributed by atoms with E-state index >= 15 is 0 Å². The number of hydrogen-bond donors (Lipinski definition) is 2. The summed E-state index contributed by atoms with van der Waals surface area (Å²) in [7, 11) is 5.44. The van der Waals surface area contributed by atoms with Gasteiger partial charge in [0, 0.05) is 12.1 Å². The highest BCUT2D eigenvalue weighted by Gasteiger charge is 2.16. The molecular weight excluding hydrogens is 349 g/mol. The smallest absolute Gasteiger partial charge is 0.251 e. The molecule has 144 valence electrons. The molecule has 0 saturated carbocycles. The van der Waals surface area contributed by atoms with Crippen molar-refractivity contribution in [3.8, 4) is 5.75 Å². The lowest BCUT2D eigenvalue weighted by molar-refractivity contribution is -0.120. The highest BCUT2D eigenvalue weighted by Crippen LogP contribution is 2.22. The maximum absolute atomic E-state index is 13.2. The third-order valence-electron chi connectivity index (χ3n) is 4.09. The van der Waals surface area contributed by atoms with Crippen LogP contribution in [0, 0.1) is 5.82 Å². The molecule has 27 heavy (non-hydrogen) atoms. The van der Waals surface area contributed by atoms with E-state index in [9.17, 15) is 14.0 Å². The van der Waals surface area contributed by atoms with E-state index in [0.717, 1.165) is 17.4 Å². The Morgan fingerprint density at radius 1 is 1.11 bits per heavy atom. The molecule has 0 spiro atoms. The quantitative estimate of drug-likeness (QED) is 0.742.